The molecule has 3 unspecified atom stereocenters. The summed E-state index contributed by atoms with van der Waals surface area (Å²) in [4.78, 5) is 0. The summed E-state index contributed by atoms with van der Waals surface area (Å²) in [6.07, 6.45) is 4.62. The Hall–Kier alpha value is -0.0800. The molecule has 0 aromatic heterocycles. The summed E-state index contributed by atoms with van der Waals surface area (Å²) >= 11 is 0. The molecule has 0 aromatic rings. The van der Waals surface area contributed by atoms with Gasteiger partial charge in [-0.2, -0.15) is 0 Å². The predicted octanol–water partition coefficient (Wildman–Crippen LogP) is 1.41. The zero-order valence-electron chi connectivity index (χ0n) is 7.88. The Balaban J connectivity index is 1.65. The van der Waals surface area contributed by atoms with E-state index in [1.165, 1.54) is 25.8 Å². The van der Waals surface area contributed by atoms with Crippen molar-refractivity contribution in [3.05, 3.63) is 0 Å². The van der Waals surface area contributed by atoms with E-state index in [0.717, 1.165) is 25.0 Å². The second-order valence-corrected chi connectivity index (χ2v) is 4.02. The van der Waals surface area contributed by atoms with E-state index in [-0.39, 0.29) is 0 Å². The van der Waals surface area contributed by atoms with Gasteiger partial charge in [-0.25, -0.2) is 0 Å². The first-order valence-corrected chi connectivity index (χ1v) is 5.24. The Morgan fingerprint density at radius 1 is 1.50 bits per heavy atom. The number of rotatable bonds is 4. The van der Waals surface area contributed by atoms with E-state index in [4.69, 9.17) is 4.74 Å². The molecule has 2 rings (SSSR count). The van der Waals surface area contributed by atoms with Gasteiger partial charge in [-0.1, -0.05) is 6.92 Å². The van der Waals surface area contributed by atoms with Crippen LogP contribution in [0.3, 0.4) is 0 Å². The lowest BCUT2D eigenvalue weighted by Crippen LogP contribution is -2.19. The first-order valence-electron chi connectivity index (χ1n) is 5.24. The number of hydrogen-bond acceptors (Lipinski definition) is 2. The van der Waals surface area contributed by atoms with Crippen LogP contribution in [0.2, 0.25) is 0 Å². The molecule has 12 heavy (non-hydrogen) atoms. The molecule has 3 atom stereocenters. The average Bonchev–Trinajstić information content (AvgIpc) is 2.64. The quantitative estimate of drug-likeness (QED) is 0.687. The minimum absolute atomic E-state index is 0.619. The Labute approximate surface area is 74.7 Å². The molecule has 1 aliphatic carbocycles. The minimum Gasteiger partial charge on any atom is -0.378 e. The van der Waals surface area contributed by atoms with Crippen LogP contribution >= 0.6 is 0 Å². The number of nitrogens with one attached hydrogen (secondary N) is 1. The highest BCUT2D eigenvalue weighted by atomic mass is 16.5. The van der Waals surface area contributed by atoms with Gasteiger partial charge in [0.1, 0.15) is 0 Å². The Morgan fingerprint density at radius 2 is 2.42 bits per heavy atom. The van der Waals surface area contributed by atoms with Crippen molar-refractivity contribution >= 4 is 0 Å². The van der Waals surface area contributed by atoms with Crippen molar-refractivity contribution in [2.24, 2.45) is 11.8 Å². The largest absolute Gasteiger partial charge is 0.378 e. The summed E-state index contributed by atoms with van der Waals surface area (Å²) in [6, 6.07) is 0. The first kappa shape index (κ1) is 8.52. The van der Waals surface area contributed by atoms with Crippen LogP contribution in [0.5, 0.6) is 0 Å². The molecule has 0 radical (unpaired) electrons. The summed E-state index contributed by atoms with van der Waals surface area (Å²) in [5, 5.41) is 3.41. The second kappa shape index (κ2) is 3.75. The SMILES string of the molecule is CCNCC1CC1C1CCCO1. The minimum atomic E-state index is 0.619. The first-order chi connectivity index (χ1) is 5.92. The van der Waals surface area contributed by atoms with Gasteiger partial charge in [0.15, 0.2) is 0 Å². The second-order valence-electron chi connectivity index (χ2n) is 4.02. The molecule has 2 heteroatoms. The molecular formula is C10H19NO. The number of hydrogen-bond donors (Lipinski definition) is 1. The van der Waals surface area contributed by atoms with E-state index < -0.39 is 0 Å². The molecule has 1 N–H and O–H groups in total. The molecule has 2 fully saturated rings. The fourth-order valence-electron chi connectivity index (χ4n) is 2.23. The molecule has 1 aliphatic heterocycles. The van der Waals surface area contributed by atoms with E-state index >= 15 is 0 Å². The molecule has 1 saturated heterocycles. The zero-order chi connectivity index (χ0) is 8.39. The highest BCUT2D eigenvalue weighted by molar-refractivity contribution is 4.94. The van der Waals surface area contributed by atoms with Crippen LogP contribution in [-0.4, -0.2) is 25.8 Å². The summed E-state index contributed by atoms with van der Waals surface area (Å²) in [5.41, 5.74) is 0. The van der Waals surface area contributed by atoms with Gasteiger partial charge in [-0.15, -0.1) is 0 Å². The van der Waals surface area contributed by atoms with Crippen molar-refractivity contribution in [1.29, 1.82) is 0 Å². The Morgan fingerprint density at radius 3 is 3.08 bits per heavy atom. The average molecular weight is 169 g/mol. The van der Waals surface area contributed by atoms with Gasteiger partial charge in [-0.3, -0.25) is 0 Å². The van der Waals surface area contributed by atoms with Gasteiger partial charge in [0.25, 0.3) is 0 Å². The normalized spacial score (nSPS) is 40.2. The van der Waals surface area contributed by atoms with Gasteiger partial charge >= 0.3 is 0 Å². The molecule has 1 saturated carbocycles. The van der Waals surface area contributed by atoms with Crippen LogP contribution < -0.4 is 5.32 Å². The van der Waals surface area contributed by atoms with Crippen LogP contribution in [0, 0.1) is 11.8 Å². The van der Waals surface area contributed by atoms with Crippen LogP contribution in [-0.2, 0) is 4.74 Å². The fraction of sp³-hybridized carbons (Fsp3) is 1.00. The molecule has 2 aliphatic rings. The lowest BCUT2D eigenvalue weighted by Gasteiger charge is -2.08. The molecule has 1 heterocycles. The molecular weight excluding hydrogens is 150 g/mol. The van der Waals surface area contributed by atoms with Crippen molar-refractivity contribution in [3.63, 3.8) is 0 Å². The van der Waals surface area contributed by atoms with Gasteiger partial charge in [-0.05, 0) is 44.2 Å². The smallest absolute Gasteiger partial charge is 0.0607 e. The van der Waals surface area contributed by atoms with Crippen molar-refractivity contribution in [2.45, 2.75) is 32.3 Å². The maximum atomic E-state index is 5.66. The van der Waals surface area contributed by atoms with Crippen LogP contribution in [0.25, 0.3) is 0 Å². The third-order valence-electron chi connectivity index (χ3n) is 3.08. The lowest BCUT2D eigenvalue weighted by atomic mass is 10.1. The van der Waals surface area contributed by atoms with Gasteiger partial charge in [0.05, 0.1) is 6.10 Å². The highest BCUT2D eigenvalue weighted by Gasteiger charge is 2.43. The molecule has 0 aromatic carbocycles. The lowest BCUT2D eigenvalue weighted by molar-refractivity contribution is 0.0897. The van der Waals surface area contributed by atoms with E-state index in [0.29, 0.717) is 6.10 Å². The Bertz CT molecular complexity index is 143. The summed E-state index contributed by atoms with van der Waals surface area (Å²) in [6.45, 7) is 5.49. The van der Waals surface area contributed by atoms with E-state index in [2.05, 4.69) is 12.2 Å². The predicted molar refractivity (Wildman–Crippen MR) is 49.1 cm³/mol. The van der Waals surface area contributed by atoms with Crippen molar-refractivity contribution < 1.29 is 4.74 Å². The monoisotopic (exact) mass is 169 g/mol. The summed E-state index contributed by atoms with van der Waals surface area (Å²) in [7, 11) is 0. The fourth-order valence-corrected chi connectivity index (χ4v) is 2.23. The summed E-state index contributed by atoms with van der Waals surface area (Å²) in [5.74, 6) is 1.82. The van der Waals surface area contributed by atoms with Crippen molar-refractivity contribution in [1.82, 2.24) is 5.32 Å². The van der Waals surface area contributed by atoms with E-state index in [1.807, 2.05) is 0 Å². The zero-order valence-corrected chi connectivity index (χ0v) is 7.88. The molecule has 70 valence electrons. The van der Waals surface area contributed by atoms with E-state index in [9.17, 15) is 0 Å². The highest BCUT2D eigenvalue weighted by Crippen LogP contribution is 2.44. The van der Waals surface area contributed by atoms with Crippen LogP contribution in [0.15, 0.2) is 0 Å². The topological polar surface area (TPSA) is 21.3 Å². The molecule has 0 bridgehead atoms. The maximum Gasteiger partial charge on any atom is 0.0607 e. The van der Waals surface area contributed by atoms with Crippen LogP contribution in [0.4, 0.5) is 0 Å². The standard InChI is InChI=1S/C10H19NO/c1-2-11-7-8-6-9(8)10-4-3-5-12-10/h8-11H,2-7H2,1H3. The third-order valence-corrected chi connectivity index (χ3v) is 3.08. The van der Waals surface area contributed by atoms with Gasteiger partial charge in [0, 0.05) is 6.61 Å². The molecule has 0 amide bonds. The maximum absolute atomic E-state index is 5.66. The van der Waals surface area contributed by atoms with Crippen LogP contribution in [0.1, 0.15) is 26.2 Å². The van der Waals surface area contributed by atoms with Crippen molar-refractivity contribution in [3.8, 4) is 0 Å². The molecule has 0 spiro atoms. The van der Waals surface area contributed by atoms with E-state index in [1.54, 1.807) is 0 Å². The summed E-state index contributed by atoms with van der Waals surface area (Å²) < 4.78 is 5.66. The van der Waals surface area contributed by atoms with Gasteiger partial charge < -0.3 is 10.1 Å². The van der Waals surface area contributed by atoms with Gasteiger partial charge in [0.2, 0.25) is 0 Å². The van der Waals surface area contributed by atoms with Crippen molar-refractivity contribution in [2.75, 3.05) is 19.7 Å². The Kier molecular flexibility index (Phi) is 2.66. The number of ether oxygens (including phenoxy) is 1. The third kappa shape index (κ3) is 1.80. The molecule has 2 nitrogen and oxygen atoms in total.